The third-order valence-corrected chi connectivity index (χ3v) is 6.12. The molecule has 3 amide bonds. The summed E-state index contributed by atoms with van der Waals surface area (Å²) < 4.78 is 0. The highest BCUT2D eigenvalue weighted by molar-refractivity contribution is 5.95. The van der Waals surface area contributed by atoms with E-state index < -0.39 is 66.4 Å². The van der Waals surface area contributed by atoms with Gasteiger partial charge in [-0.3, -0.25) is 19.2 Å². The van der Waals surface area contributed by atoms with Crippen molar-refractivity contribution in [2.24, 2.45) is 5.73 Å². The summed E-state index contributed by atoms with van der Waals surface area (Å²) in [4.78, 5) is 71.5. The molecule has 2 aromatic heterocycles. The van der Waals surface area contributed by atoms with Crippen LogP contribution in [-0.4, -0.2) is 90.2 Å². The lowest BCUT2D eigenvalue weighted by Crippen LogP contribution is -2.59. The average Bonchev–Trinajstić information content (AvgIpc) is 3.55. The first-order valence-corrected chi connectivity index (χ1v) is 12.3. The van der Waals surface area contributed by atoms with Gasteiger partial charge in [0.05, 0.1) is 24.9 Å². The van der Waals surface area contributed by atoms with Crippen LogP contribution < -0.4 is 21.7 Å². The molecule has 0 spiro atoms. The van der Waals surface area contributed by atoms with Gasteiger partial charge in [0, 0.05) is 41.8 Å². The Kier molecular flexibility index (Phi) is 9.94. The first-order chi connectivity index (χ1) is 19.0. The Morgan fingerprint density at radius 3 is 2.23 bits per heavy atom. The molecule has 0 saturated carbocycles. The van der Waals surface area contributed by atoms with Crippen LogP contribution in [0.3, 0.4) is 0 Å². The van der Waals surface area contributed by atoms with Gasteiger partial charge in [0.2, 0.25) is 17.7 Å². The van der Waals surface area contributed by atoms with Crippen LogP contribution in [-0.2, 0) is 36.8 Å². The summed E-state index contributed by atoms with van der Waals surface area (Å²) >= 11 is 0. The van der Waals surface area contributed by atoms with E-state index in [1.807, 2.05) is 12.1 Å². The average molecular weight is 558 g/mol. The molecule has 2 heterocycles. The van der Waals surface area contributed by atoms with Crippen LogP contribution in [0.2, 0.25) is 0 Å². The van der Waals surface area contributed by atoms with Crippen molar-refractivity contribution in [1.82, 2.24) is 30.9 Å². The monoisotopic (exact) mass is 557 g/mol. The number of hydrogen-bond donors (Lipinski definition) is 9. The van der Waals surface area contributed by atoms with E-state index in [2.05, 4.69) is 30.9 Å². The Morgan fingerprint density at radius 1 is 0.950 bits per heavy atom. The van der Waals surface area contributed by atoms with E-state index in [4.69, 9.17) is 10.8 Å². The summed E-state index contributed by atoms with van der Waals surface area (Å²) in [5.74, 6) is -5.40. The number of carbonyl (C=O) groups is 5. The van der Waals surface area contributed by atoms with Crippen LogP contribution in [0.4, 0.5) is 0 Å². The number of aliphatic carboxylic acids is 2. The van der Waals surface area contributed by atoms with Crippen molar-refractivity contribution in [3.63, 3.8) is 0 Å². The molecule has 10 N–H and O–H groups in total. The fourth-order valence-corrected chi connectivity index (χ4v) is 4.03. The molecule has 0 aliphatic carbocycles. The van der Waals surface area contributed by atoms with E-state index in [9.17, 15) is 34.2 Å². The number of nitrogens with two attached hydrogens (primary N) is 1. The fourth-order valence-electron chi connectivity index (χ4n) is 4.03. The smallest absolute Gasteiger partial charge is 0.328 e. The van der Waals surface area contributed by atoms with Crippen LogP contribution in [0.5, 0.6) is 0 Å². The summed E-state index contributed by atoms with van der Waals surface area (Å²) in [6.45, 7) is 1.20. The lowest BCUT2D eigenvalue weighted by atomic mass is 10.0. The minimum atomic E-state index is -1.65. The zero-order valence-electron chi connectivity index (χ0n) is 21.5. The molecule has 0 aliphatic heterocycles. The van der Waals surface area contributed by atoms with Crippen molar-refractivity contribution in [1.29, 1.82) is 0 Å². The van der Waals surface area contributed by atoms with Crippen LogP contribution in [0.1, 0.15) is 24.6 Å². The molecule has 5 unspecified atom stereocenters. The van der Waals surface area contributed by atoms with Crippen molar-refractivity contribution in [3.8, 4) is 0 Å². The lowest BCUT2D eigenvalue weighted by molar-refractivity contribution is -0.145. The van der Waals surface area contributed by atoms with Gasteiger partial charge in [-0.2, -0.15) is 0 Å². The highest BCUT2D eigenvalue weighted by Gasteiger charge is 2.33. The number of H-pyrrole nitrogens is 2. The zero-order chi connectivity index (χ0) is 29.4. The normalized spacial score (nSPS) is 14.9. The first kappa shape index (κ1) is 29.8. The molecule has 3 rings (SSSR count). The quantitative estimate of drug-likeness (QED) is 0.110. The van der Waals surface area contributed by atoms with E-state index >= 15 is 0 Å². The van der Waals surface area contributed by atoms with Crippen molar-refractivity contribution in [2.75, 3.05) is 0 Å². The number of hydrogen-bond acceptors (Lipinski definition) is 8. The molecule has 5 atom stereocenters. The van der Waals surface area contributed by atoms with Crippen LogP contribution in [0, 0.1) is 0 Å². The van der Waals surface area contributed by atoms with E-state index in [-0.39, 0.29) is 12.8 Å². The van der Waals surface area contributed by atoms with E-state index in [1.165, 1.54) is 19.4 Å². The molecule has 15 heteroatoms. The number of carboxylic acid groups (broad SMARTS) is 2. The summed E-state index contributed by atoms with van der Waals surface area (Å²) in [7, 11) is 0. The van der Waals surface area contributed by atoms with E-state index in [0.717, 1.165) is 10.9 Å². The van der Waals surface area contributed by atoms with Crippen molar-refractivity contribution >= 4 is 40.6 Å². The van der Waals surface area contributed by atoms with Gasteiger partial charge in [0.25, 0.3) is 0 Å². The molecule has 0 saturated heterocycles. The molecule has 0 aliphatic rings. The first-order valence-electron chi connectivity index (χ1n) is 12.3. The van der Waals surface area contributed by atoms with Gasteiger partial charge in [0.1, 0.15) is 12.1 Å². The number of aliphatic hydroxyl groups excluding tert-OH is 1. The second-order valence-corrected chi connectivity index (χ2v) is 9.24. The molecule has 1 aromatic carbocycles. The largest absolute Gasteiger partial charge is 0.481 e. The summed E-state index contributed by atoms with van der Waals surface area (Å²) in [5.41, 5.74) is 7.51. The number of para-hydroxylation sites is 1. The third-order valence-electron chi connectivity index (χ3n) is 6.12. The standard InChI is InChI=1S/C25H31N7O8/c1-12(33)21(25(39)40)32-24(38)18(6-13-9-28-17-5-3-2-4-15(13)17)31-23(37)19(7-14-10-27-11-29-14)30-22(36)16(26)8-20(34)35/h2-5,9-12,16,18-19,21,28,33H,6-8,26H2,1H3,(H,27,29)(H,30,36)(H,31,37)(H,32,38)(H,34,35)(H,39,40). The molecular weight excluding hydrogens is 526 g/mol. The summed E-state index contributed by atoms with van der Waals surface area (Å²) in [6.07, 6.45) is 2.13. The number of carboxylic acids is 2. The minimum absolute atomic E-state index is 0.0724. The third kappa shape index (κ3) is 7.87. The van der Waals surface area contributed by atoms with Gasteiger partial charge in [-0.25, -0.2) is 9.78 Å². The summed E-state index contributed by atoms with van der Waals surface area (Å²) in [6, 6.07) is 1.49. The number of benzene rings is 1. The molecule has 0 radical (unpaired) electrons. The number of carbonyl (C=O) groups excluding carboxylic acids is 3. The topological polar surface area (TPSA) is 253 Å². The number of imidazole rings is 1. The number of aliphatic hydroxyl groups is 1. The highest BCUT2D eigenvalue weighted by Crippen LogP contribution is 2.19. The molecule has 0 bridgehead atoms. The Hall–Kier alpha value is -4.76. The van der Waals surface area contributed by atoms with Crippen molar-refractivity contribution in [3.05, 3.63) is 54.2 Å². The van der Waals surface area contributed by atoms with Gasteiger partial charge >= 0.3 is 11.9 Å². The lowest BCUT2D eigenvalue weighted by Gasteiger charge is -2.25. The van der Waals surface area contributed by atoms with Gasteiger partial charge < -0.3 is 47.0 Å². The summed E-state index contributed by atoms with van der Waals surface area (Å²) in [5, 5.41) is 36.2. The molecule has 0 fully saturated rings. The van der Waals surface area contributed by atoms with E-state index in [0.29, 0.717) is 11.3 Å². The van der Waals surface area contributed by atoms with Gasteiger partial charge in [-0.05, 0) is 18.6 Å². The molecule has 214 valence electrons. The Bertz CT molecular complexity index is 1350. The van der Waals surface area contributed by atoms with Gasteiger partial charge in [-0.15, -0.1) is 0 Å². The molecule has 40 heavy (non-hydrogen) atoms. The fraction of sp³-hybridized carbons (Fsp3) is 0.360. The maximum Gasteiger partial charge on any atom is 0.328 e. The predicted octanol–water partition coefficient (Wildman–Crippen LogP) is -1.60. The second kappa shape index (κ2) is 13.3. The number of rotatable bonds is 14. The van der Waals surface area contributed by atoms with E-state index in [1.54, 1.807) is 18.3 Å². The number of fused-ring (bicyclic) bond motifs is 1. The number of aromatic nitrogens is 3. The molecular formula is C25H31N7O8. The minimum Gasteiger partial charge on any atom is -0.481 e. The highest BCUT2D eigenvalue weighted by atomic mass is 16.4. The van der Waals surface area contributed by atoms with Crippen LogP contribution in [0.15, 0.2) is 43.0 Å². The number of amides is 3. The van der Waals surface area contributed by atoms with Crippen LogP contribution >= 0.6 is 0 Å². The van der Waals surface area contributed by atoms with Crippen molar-refractivity contribution < 1.29 is 39.3 Å². The maximum atomic E-state index is 13.4. The van der Waals surface area contributed by atoms with Crippen molar-refractivity contribution in [2.45, 2.75) is 56.5 Å². The SMILES string of the molecule is CC(O)C(NC(=O)C(Cc1c[nH]c2ccccc12)NC(=O)C(Cc1cnc[nH]1)NC(=O)C(N)CC(=O)O)C(=O)O. The Balaban J connectivity index is 1.88. The molecule has 15 nitrogen and oxygen atoms in total. The predicted molar refractivity (Wildman–Crippen MR) is 140 cm³/mol. The number of aromatic amines is 2. The zero-order valence-corrected chi connectivity index (χ0v) is 21.5. The Morgan fingerprint density at radius 2 is 1.60 bits per heavy atom. The van der Waals surface area contributed by atoms with Gasteiger partial charge in [-0.1, -0.05) is 18.2 Å². The van der Waals surface area contributed by atoms with Gasteiger partial charge in [0.15, 0.2) is 6.04 Å². The Labute approximate surface area is 227 Å². The molecule has 3 aromatic rings. The van der Waals surface area contributed by atoms with Crippen LogP contribution in [0.25, 0.3) is 10.9 Å². The number of nitrogens with one attached hydrogen (secondary N) is 5. The maximum absolute atomic E-state index is 13.4. The second-order valence-electron chi connectivity index (χ2n) is 9.24. The number of nitrogens with zero attached hydrogens (tertiary/aromatic N) is 1.